The molecule has 76 valence electrons. The maximum absolute atomic E-state index is 10.1. The Balaban J connectivity index is 2.80. The zero-order chi connectivity index (χ0) is 10.6. The van der Waals surface area contributed by atoms with Gasteiger partial charge >= 0.3 is 0 Å². The lowest BCUT2D eigenvalue weighted by molar-refractivity contribution is -0.108. The van der Waals surface area contributed by atoms with Gasteiger partial charge in [0.25, 0.3) is 0 Å². The summed E-state index contributed by atoms with van der Waals surface area (Å²) in [6, 6.07) is 4.11. The number of benzene rings is 1. The molecule has 0 aliphatic heterocycles. The summed E-state index contributed by atoms with van der Waals surface area (Å²) in [6.07, 6.45) is 1.31. The zero-order valence-corrected chi connectivity index (χ0v) is 13.6. The smallest absolute Gasteiger partial charge is 0.146 e. The first-order chi connectivity index (χ1) is 6.65. The number of rotatable bonds is 4. The fourth-order valence-electron chi connectivity index (χ4n) is 0.876. The first-order valence-corrected chi connectivity index (χ1v) is 7.09. The number of hydrogen-bond donors (Lipinski definition) is 0. The van der Waals surface area contributed by atoms with Crippen LogP contribution in [-0.2, 0) is 4.79 Å². The van der Waals surface area contributed by atoms with Gasteiger partial charge in [-0.3, -0.25) is 0 Å². The molecular weight excluding hydrogens is 521 g/mol. The topological polar surface area (TPSA) is 26.3 Å². The van der Waals surface area contributed by atoms with Crippen LogP contribution in [0.2, 0.25) is 0 Å². The van der Waals surface area contributed by atoms with E-state index in [9.17, 15) is 4.79 Å². The van der Waals surface area contributed by atoms with Gasteiger partial charge in [0.2, 0.25) is 0 Å². The van der Waals surface area contributed by atoms with Crippen LogP contribution in [0.4, 0.5) is 0 Å². The summed E-state index contributed by atoms with van der Waals surface area (Å²) in [5, 5.41) is 0. The Labute approximate surface area is 124 Å². The molecule has 0 saturated heterocycles. The van der Waals surface area contributed by atoms with Crippen LogP contribution in [0, 0.1) is 10.7 Å². The van der Waals surface area contributed by atoms with Gasteiger partial charge in [0, 0.05) is 9.99 Å². The molecular formula is C9H7I3O2. The van der Waals surface area contributed by atoms with E-state index in [0.29, 0.717) is 13.0 Å². The van der Waals surface area contributed by atoms with Crippen LogP contribution in [-0.4, -0.2) is 12.9 Å². The molecule has 0 aromatic heterocycles. The van der Waals surface area contributed by atoms with E-state index in [0.717, 1.165) is 19.2 Å². The third kappa shape index (κ3) is 3.80. The summed E-state index contributed by atoms with van der Waals surface area (Å²) < 4.78 is 8.88. The Morgan fingerprint density at radius 1 is 1.21 bits per heavy atom. The lowest BCUT2D eigenvalue weighted by Crippen LogP contribution is -2.01. The highest BCUT2D eigenvalue weighted by Crippen LogP contribution is 2.29. The van der Waals surface area contributed by atoms with Gasteiger partial charge in [-0.25, -0.2) is 0 Å². The highest BCUT2D eigenvalue weighted by molar-refractivity contribution is 14.1. The minimum Gasteiger partial charge on any atom is -0.491 e. The predicted octanol–water partition coefficient (Wildman–Crippen LogP) is 3.47. The van der Waals surface area contributed by atoms with E-state index in [1.54, 1.807) is 0 Å². The van der Waals surface area contributed by atoms with Crippen molar-refractivity contribution in [3.63, 3.8) is 0 Å². The second kappa shape index (κ2) is 6.46. The summed E-state index contributed by atoms with van der Waals surface area (Å²) in [7, 11) is 0. The molecule has 5 heteroatoms. The molecule has 0 atom stereocenters. The van der Waals surface area contributed by atoms with Crippen LogP contribution in [0.1, 0.15) is 6.42 Å². The second-order valence-electron chi connectivity index (χ2n) is 2.50. The van der Waals surface area contributed by atoms with Gasteiger partial charge < -0.3 is 9.53 Å². The van der Waals surface area contributed by atoms with Crippen molar-refractivity contribution < 1.29 is 9.53 Å². The summed E-state index contributed by atoms with van der Waals surface area (Å²) in [5.41, 5.74) is 0. The third-order valence-electron chi connectivity index (χ3n) is 1.45. The molecule has 1 aromatic rings. The molecule has 0 spiro atoms. The number of halogens is 3. The Kier molecular flexibility index (Phi) is 5.97. The summed E-state index contributed by atoms with van der Waals surface area (Å²) in [4.78, 5) is 10.1. The van der Waals surface area contributed by atoms with Crippen molar-refractivity contribution >= 4 is 74.1 Å². The van der Waals surface area contributed by atoms with Crippen molar-refractivity contribution in [2.45, 2.75) is 6.42 Å². The Morgan fingerprint density at radius 2 is 1.79 bits per heavy atom. The molecule has 0 unspecified atom stereocenters. The molecule has 1 aromatic carbocycles. The van der Waals surface area contributed by atoms with E-state index >= 15 is 0 Å². The minimum absolute atomic E-state index is 0.443. The van der Waals surface area contributed by atoms with Crippen molar-refractivity contribution in [3.8, 4) is 5.75 Å². The molecule has 0 saturated carbocycles. The molecule has 2 nitrogen and oxygen atoms in total. The Bertz CT molecular complexity index is 316. The molecule has 0 heterocycles. The van der Waals surface area contributed by atoms with Crippen LogP contribution in [0.5, 0.6) is 5.75 Å². The third-order valence-corrected chi connectivity index (χ3v) is 3.67. The van der Waals surface area contributed by atoms with E-state index < -0.39 is 0 Å². The average Bonchev–Trinajstić information content (AvgIpc) is 2.09. The van der Waals surface area contributed by atoms with Crippen LogP contribution >= 0.6 is 67.8 Å². The Morgan fingerprint density at radius 3 is 2.29 bits per heavy atom. The molecule has 0 radical (unpaired) electrons. The monoisotopic (exact) mass is 528 g/mol. The number of ether oxygens (including phenoxy) is 1. The molecule has 0 amide bonds. The van der Waals surface area contributed by atoms with Gasteiger partial charge in [0.15, 0.2) is 0 Å². The van der Waals surface area contributed by atoms with Crippen LogP contribution in [0.3, 0.4) is 0 Å². The van der Waals surface area contributed by atoms with E-state index in [1.165, 1.54) is 3.57 Å². The van der Waals surface area contributed by atoms with Gasteiger partial charge in [-0.15, -0.1) is 0 Å². The summed E-state index contributed by atoms with van der Waals surface area (Å²) in [5.74, 6) is 0.883. The normalized spacial score (nSPS) is 9.93. The quantitative estimate of drug-likeness (QED) is 0.341. The highest BCUT2D eigenvalue weighted by atomic mass is 127. The van der Waals surface area contributed by atoms with Gasteiger partial charge in [-0.1, -0.05) is 0 Å². The molecule has 0 aliphatic rings. The number of carbonyl (C=O) groups is 1. The lowest BCUT2D eigenvalue weighted by Gasteiger charge is -2.09. The number of hydrogen-bond acceptors (Lipinski definition) is 2. The fraction of sp³-hybridized carbons (Fsp3) is 0.222. The molecule has 0 fully saturated rings. The van der Waals surface area contributed by atoms with Crippen LogP contribution in [0.15, 0.2) is 12.1 Å². The van der Waals surface area contributed by atoms with E-state index in [2.05, 4.69) is 79.9 Å². The van der Waals surface area contributed by atoms with Crippen molar-refractivity contribution in [1.29, 1.82) is 0 Å². The average molecular weight is 528 g/mol. The van der Waals surface area contributed by atoms with Crippen LogP contribution in [0.25, 0.3) is 0 Å². The minimum atomic E-state index is 0.443. The van der Waals surface area contributed by atoms with E-state index in [-0.39, 0.29) is 0 Å². The maximum atomic E-state index is 10.1. The summed E-state index contributed by atoms with van der Waals surface area (Å²) >= 11 is 6.75. The zero-order valence-electron chi connectivity index (χ0n) is 7.10. The molecule has 0 aliphatic carbocycles. The predicted molar refractivity (Wildman–Crippen MR) is 80.8 cm³/mol. The Hall–Kier alpha value is 0.880. The van der Waals surface area contributed by atoms with Crippen molar-refractivity contribution in [2.75, 3.05) is 6.61 Å². The SMILES string of the molecule is O=CCCOc1c(I)cc(I)cc1I. The van der Waals surface area contributed by atoms with E-state index in [1.807, 2.05) is 0 Å². The van der Waals surface area contributed by atoms with Gasteiger partial charge in [0.05, 0.1) is 13.7 Å². The molecule has 0 bridgehead atoms. The largest absolute Gasteiger partial charge is 0.491 e. The summed E-state index contributed by atoms with van der Waals surface area (Å²) in [6.45, 7) is 0.454. The maximum Gasteiger partial charge on any atom is 0.146 e. The fourth-order valence-corrected chi connectivity index (χ4v) is 4.77. The molecule has 1 rings (SSSR count). The first-order valence-electron chi connectivity index (χ1n) is 3.86. The van der Waals surface area contributed by atoms with Crippen LogP contribution < -0.4 is 4.74 Å². The van der Waals surface area contributed by atoms with Crippen molar-refractivity contribution in [2.24, 2.45) is 0 Å². The van der Waals surface area contributed by atoms with Gasteiger partial charge in [-0.2, -0.15) is 0 Å². The number of aldehydes is 1. The molecule has 0 N–H and O–H groups in total. The lowest BCUT2D eigenvalue weighted by atomic mass is 10.3. The molecule has 14 heavy (non-hydrogen) atoms. The first kappa shape index (κ1) is 12.9. The highest BCUT2D eigenvalue weighted by Gasteiger charge is 2.07. The second-order valence-corrected chi connectivity index (χ2v) is 6.07. The van der Waals surface area contributed by atoms with E-state index in [4.69, 9.17) is 4.74 Å². The van der Waals surface area contributed by atoms with Gasteiger partial charge in [-0.05, 0) is 79.9 Å². The standard InChI is InChI=1S/C9H7I3O2/c10-6-4-7(11)9(8(12)5-6)14-3-1-2-13/h2,4-5H,1,3H2. The number of carbonyl (C=O) groups excluding carboxylic acids is 1. The van der Waals surface area contributed by atoms with Crippen molar-refractivity contribution in [1.82, 2.24) is 0 Å². The van der Waals surface area contributed by atoms with Crippen molar-refractivity contribution in [3.05, 3.63) is 22.8 Å². The van der Waals surface area contributed by atoms with Gasteiger partial charge in [0.1, 0.15) is 12.0 Å².